The maximum absolute atomic E-state index is 13.3. The highest BCUT2D eigenvalue weighted by molar-refractivity contribution is 6.23. The minimum Gasteiger partial charge on any atom is -0.496 e. The van der Waals surface area contributed by atoms with Gasteiger partial charge in [-0.05, 0) is 148 Å². The second-order valence-electron chi connectivity index (χ2n) is 16.9. The van der Waals surface area contributed by atoms with E-state index < -0.39 is 23.8 Å². The van der Waals surface area contributed by atoms with Crippen LogP contribution in [0.1, 0.15) is 137 Å². The van der Waals surface area contributed by atoms with E-state index in [4.69, 9.17) is 9.47 Å². The first-order valence-corrected chi connectivity index (χ1v) is 23.2. The summed E-state index contributed by atoms with van der Waals surface area (Å²) in [5.41, 5.74) is 9.33. The number of allylic oxidation sites excluding steroid dienone is 7. The highest BCUT2D eigenvalue weighted by Crippen LogP contribution is 2.35. The van der Waals surface area contributed by atoms with Crippen LogP contribution in [-0.4, -0.2) is 48.8 Å². The maximum atomic E-state index is 13.3. The second kappa shape index (κ2) is 24.7. The molecule has 0 aliphatic carbocycles. The van der Waals surface area contributed by atoms with E-state index in [0.717, 1.165) is 107 Å². The summed E-state index contributed by atoms with van der Waals surface area (Å²) < 4.78 is 11.8. The SMILES string of the molecule is C=C=C(C)/C=c1/c(-c2cc(OC)c(C/C=C/CCC(CCC)CC/C=C/CC/C=C(\CCC)Cc3ccc4c(c3)C(=O)N(C3CCC(=O)NC3=O)C4=O)c(OC)c2)cccc(=O)/c1=C/C. The molecule has 1 saturated heterocycles. The molecular formula is C56H66N2O7. The minimum absolute atomic E-state index is 0.0562. The summed E-state index contributed by atoms with van der Waals surface area (Å²) in [4.78, 5) is 64.6. The molecule has 9 nitrogen and oxygen atoms in total. The Balaban J connectivity index is 1.13. The predicted octanol–water partition coefficient (Wildman–Crippen LogP) is 9.83. The van der Waals surface area contributed by atoms with Crippen LogP contribution in [0.4, 0.5) is 0 Å². The zero-order valence-electron chi connectivity index (χ0n) is 39.2. The second-order valence-corrected chi connectivity index (χ2v) is 16.9. The van der Waals surface area contributed by atoms with Crippen LogP contribution in [0.3, 0.4) is 0 Å². The molecule has 2 unspecified atom stereocenters. The molecule has 2 heterocycles. The van der Waals surface area contributed by atoms with Crippen LogP contribution in [-0.2, 0) is 22.4 Å². The summed E-state index contributed by atoms with van der Waals surface area (Å²) in [7, 11) is 3.35. The van der Waals surface area contributed by atoms with E-state index in [-0.39, 0.29) is 24.2 Å². The molecule has 1 fully saturated rings. The Hall–Kier alpha value is -6.31. The molecular weight excluding hydrogens is 813 g/mol. The van der Waals surface area contributed by atoms with Gasteiger partial charge in [-0.1, -0.05) is 99.9 Å². The summed E-state index contributed by atoms with van der Waals surface area (Å²) in [6.07, 6.45) is 27.3. The molecule has 4 amide bonds. The Morgan fingerprint density at radius 1 is 0.831 bits per heavy atom. The first kappa shape index (κ1) is 49.7. The number of fused-ring (bicyclic) bond motifs is 1. The molecule has 65 heavy (non-hydrogen) atoms. The van der Waals surface area contributed by atoms with Gasteiger partial charge in [0.15, 0.2) is 5.43 Å². The van der Waals surface area contributed by atoms with Crippen LogP contribution in [0.2, 0.25) is 0 Å². The zero-order valence-corrected chi connectivity index (χ0v) is 39.2. The fraction of sp³-hybridized carbons (Fsp3) is 0.393. The van der Waals surface area contributed by atoms with Crippen molar-refractivity contribution in [3.05, 3.63) is 145 Å². The molecule has 2 aliphatic heterocycles. The number of amides is 4. The van der Waals surface area contributed by atoms with Gasteiger partial charge in [0.25, 0.3) is 11.8 Å². The van der Waals surface area contributed by atoms with E-state index in [9.17, 15) is 24.0 Å². The zero-order chi connectivity index (χ0) is 46.9. The lowest BCUT2D eigenvalue weighted by molar-refractivity contribution is -0.136. The Morgan fingerprint density at radius 3 is 2.17 bits per heavy atom. The lowest BCUT2D eigenvalue weighted by Crippen LogP contribution is -2.54. The van der Waals surface area contributed by atoms with E-state index in [1.807, 2.05) is 50.3 Å². The molecule has 3 aromatic rings. The molecule has 2 atom stereocenters. The number of benzene rings is 2. The normalized spacial score (nSPS) is 16.4. The Kier molecular flexibility index (Phi) is 18.9. The van der Waals surface area contributed by atoms with Gasteiger partial charge in [-0.3, -0.25) is 34.2 Å². The number of hydrogen-bond donors (Lipinski definition) is 1. The van der Waals surface area contributed by atoms with Crippen LogP contribution >= 0.6 is 0 Å². The Morgan fingerprint density at radius 2 is 1.52 bits per heavy atom. The largest absolute Gasteiger partial charge is 0.496 e. The van der Waals surface area contributed by atoms with Crippen LogP contribution in [0.15, 0.2) is 107 Å². The topological polar surface area (TPSA) is 119 Å². The summed E-state index contributed by atoms with van der Waals surface area (Å²) in [5.74, 6) is 0.160. The molecule has 342 valence electrons. The van der Waals surface area contributed by atoms with Crippen molar-refractivity contribution >= 4 is 35.8 Å². The smallest absolute Gasteiger partial charge is 0.262 e. The van der Waals surface area contributed by atoms with E-state index in [0.29, 0.717) is 35.1 Å². The highest BCUT2D eigenvalue weighted by Gasteiger charge is 2.44. The van der Waals surface area contributed by atoms with Crippen molar-refractivity contribution in [1.82, 2.24) is 10.2 Å². The van der Waals surface area contributed by atoms with Crippen LogP contribution in [0.5, 0.6) is 11.5 Å². The number of carbonyl (C=O) groups excluding carboxylic acids is 4. The van der Waals surface area contributed by atoms with E-state index in [1.54, 1.807) is 38.5 Å². The van der Waals surface area contributed by atoms with Crippen molar-refractivity contribution in [2.75, 3.05) is 14.2 Å². The van der Waals surface area contributed by atoms with Gasteiger partial charge < -0.3 is 9.47 Å². The number of imide groups is 2. The average molecular weight is 879 g/mol. The molecule has 3 aromatic carbocycles. The van der Waals surface area contributed by atoms with Crippen molar-refractivity contribution < 1.29 is 28.7 Å². The molecule has 2 aliphatic rings. The fourth-order valence-corrected chi connectivity index (χ4v) is 8.92. The van der Waals surface area contributed by atoms with Crippen LogP contribution in [0.25, 0.3) is 23.3 Å². The number of hydrogen-bond acceptors (Lipinski definition) is 7. The Labute approximate surface area is 385 Å². The van der Waals surface area contributed by atoms with Crippen molar-refractivity contribution in [2.45, 2.75) is 124 Å². The number of unbranched alkanes of at least 4 members (excludes halogenated alkanes) is 1. The third kappa shape index (κ3) is 12.9. The molecule has 5 rings (SSSR count). The quantitative estimate of drug-likeness (QED) is 0.0462. The summed E-state index contributed by atoms with van der Waals surface area (Å²) in [6, 6.07) is 13.8. The number of nitrogens with one attached hydrogen (secondary N) is 1. The molecule has 9 heteroatoms. The molecule has 1 N–H and O–H groups in total. The number of nitrogens with zero attached hydrogens (tertiary/aromatic N) is 1. The highest BCUT2D eigenvalue weighted by atomic mass is 16.5. The molecule has 0 saturated carbocycles. The van der Waals surface area contributed by atoms with E-state index >= 15 is 0 Å². The summed E-state index contributed by atoms with van der Waals surface area (Å²) >= 11 is 0. The third-order valence-electron chi connectivity index (χ3n) is 12.3. The van der Waals surface area contributed by atoms with Gasteiger partial charge in [0.2, 0.25) is 11.8 Å². The van der Waals surface area contributed by atoms with Crippen molar-refractivity contribution in [3.63, 3.8) is 0 Å². The van der Waals surface area contributed by atoms with Gasteiger partial charge in [0.1, 0.15) is 17.5 Å². The van der Waals surface area contributed by atoms with E-state index in [2.05, 4.69) is 61.9 Å². The van der Waals surface area contributed by atoms with Gasteiger partial charge in [0, 0.05) is 17.2 Å². The number of methoxy groups -OCH3 is 2. The fourth-order valence-electron chi connectivity index (χ4n) is 8.92. The van der Waals surface area contributed by atoms with Crippen molar-refractivity contribution in [3.8, 4) is 22.6 Å². The van der Waals surface area contributed by atoms with Crippen molar-refractivity contribution in [1.29, 1.82) is 0 Å². The van der Waals surface area contributed by atoms with Crippen molar-refractivity contribution in [2.24, 2.45) is 5.92 Å². The van der Waals surface area contributed by atoms with Crippen LogP contribution in [0, 0.1) is 5.92 Å². The Bertz CT molecular complexity index is 2550. The lowest BCUT2D eigenvalue weighted by atomic mass is 9.92. The number of ether oxygens (including phenoxy) is 2. The molecule has 0 spiro atoms. The molecule has 0 bridgehead atoms. The van der Waals surface area contributed by atoms with Crippen LogP contribution < -0.4 is 30.7 Å². The molecule has 0 radical (unpaired) electrons. The molecule has 0 aromatic heterocycles. The first-order valence-electron chi connectivity index (χ1n) is 23.2. The average Bonchev–Trinajstić information content (AvgIpc) is 3.42. The first-order chi connectivity index (χ1) is 31.5. The standard InChI is InChI=1S/C56H66N2O7/c1-8-21-39(24-18-15-19-26-46-51(64-6)36-42(37-52(46)65-7)44-27-20-28-50(59)43(11-4)47(44)33-38(5)10-3)23-16-13-12-14-17-25-40(22-9-2)34-41-29-30-45-48(35-41)56(63)58(55(45)62)49-31-32-53(60)57-54(49)61/h11-13,15,19-20,25,27-30,33,35-37,39,49H,3,8-9,14,16-18,21-24,26,31-32,34H2,1-2,4-7H3,(H,57,60,61)/b13-12+,19-15+,40-25+,43-11+,47-33+. The lowest BCUT2D eigenvalue weighted by Gasteiger charge is -2.27. The van der Waals surface area contributed by atoms with Gasteiger partial charge >= 0.3 is 0 Å². The predicted molar refractivity (Wildman–Crippen MR) is 261 cm³/mol. The van der Waals surface area contributed by atoms with E-state index in [1.165, 1.54) is 12.0 Å². The van der Waals surface area contributed by atoms with Gasteiger partial charge in [-0.25, -0.2) is 0 Å². The summed E-state index contributed by atoms with van der Waals surface area (Å²) in [5, 5.41) is 3.67. The monoisotopic (exact) mass is 878 g/mol. The minimum atomic E-state index is -0.968. The maximum Gasteiger partial charge on any atom is 0.262 e. The number of piperidine rings is 1. The third-order valence-corrected chi connectivity index (χ3v) is 12.3. The van der Waals surface area contributed by atoms with Gasteiger partial charge in [-0.15, -0.1) is 5.73 Å². The number of carbonyl (C=O) groups is 4. The summed E-state index contributed by atoms with van der Waals surface area (Å²) in [6.45, 7) is 12.0. The van der Waals surface area contributed by atoms with Gasteiger partial charge in [-0.2, -0.15) is 0 Å². The number of rotatable bonds is 22. The van der Waals surface area contributed by atoms with Gasteiger partial charge in [0.05, 0.1) is 25.3 Å².